The lowest BCUT2D eigenvalue weighted by molar-refractivity contribution is -0.119. The predicted octanol–water partition coefficient (Wildman–Crippen LogP) is 1.99. The summed E-state index contributed by atoms with van der Waals surface area (Å²) in [5.74, 6) is -0.327. The molecule has 0 aliphatic rings. The molecule has 1 unspecified atom stereocenters. The van der Waals surface area contributed by atoms with Gasteiger partial charge in [0.25, 0.3) is 0 Å². The summed E-state index contributed by atoms with van der Waals surface area (Å²) in [6, 6.07) is 3.83. The second kappa shape index (κ2) is 7.74. The van der Waals surface area contributed by atoms with Crippen molar-refractivity contribution in [1.82, 2.24) is 4.90 Å². The Balaban J connectivity index is 2.81. The van der Waals surface area contributed by atoms with Crippen molar-refractivity contribution < 1.29 is 4.79 Å². The Hall–Kier alpha value is -0.620. The number of nitrogens with zero attached hydrogens (tertiary/aromatic N) is 1. The second-order valence-electron chi connectivity index (χ2n) is 4.18. The summed E-state index contributed by atoms with van der Waals surface area (Å²) in [6.45, 7) is 3.62. The number of rotatable bonds is 8. The minimum Gasteiger partial charge on any atom is -0.369 e. The van der Waals surface area contributed by atoms with Crippen LogP contribution in [0.15, 0.2) is 12.1 Å². The Bertz CT molecular complexity index is 383. The molecular weight excluding hydrogens is 270 g/mol. The first-order valence-electron chi connectivity index (χ1n) is 6.06. The van der Waals surface area contributed by atoms with Gasteiger partial charge in [-0.25, -0.2) is 0 Å². The standard InChI is InChI=1S/C12H20ClN3OS/c1-2-3-6-16(8-12(15)17)9(7-14)10-4-5-11(13)18-10/h4-5,9H,2-3,6-8,14H2,1H3,(H2,15,17). The van der Waals surface area contributed by atoms with E-state index in [-0.39, 0.29) is 18.5 Å². The molecule has 0 aromatic carbocycles. The van der Waals surface area contributed by atoms with Crippen molar-refractivity contribution in [1.29, 1.82) is 0 Å². The monoisotopic (exact) mass is 289 g/mol. The molecule has 4 N–H and O–H groups in total. The van der Waals surface area contributed by atoms with Crippen molar-refractivity contribution in [2.45, 2.75) is 25.8 Å². The first kappa shape index (κ1) is 15.4. The van der Waals surface area contributed by atoms with Crippen LogP contribution in [0.4, 0.5) is 0 Å². The maximum atomic E-state index is 11.1. The average molecular weight is 290 g/mol. The van der Waals surface area contributed by atoms with Gasteiger partial charge in [-0.2, -0.15) is 0 Å². The van der Waals surface area contributed by atoms with Gasteiger partial charge in [0, 0.05) is 11.4 Å². The zero-order valence-electron chi connectivity index (χ0n) is 10.6. The van der Waals surface area contributed by atoms with Crippen molar-refractivity contribution in [2.24, 2.45) is 11.5 Å². The number of hydrogen-bond donors (Lipinski definition) is 2. The molecule has 1 rings (SSSR count). The summed E-state index contributed by atoms with van der Waals surface area (Å²) in [7, 11) is 0. The van der Waals surface area contributed by atoms with E-state index in [9.17, 15) is 4.79 Å². The molecule has 6 heteroatoms. The molecule has 0 radical (unpaired) electrons. The van der Waals surface area contributed by atoms with Gasteiger partial charge in [0.05, 0.1) is 16.9 Å². The molecule has 0 bridgehead atoms. The third-order valence-corrected chi connectivity index (χ3v) is 4.08. The molecule has 102 valence electrons. The van der Waals surface area contributed by atoms with E-state index in [0.717, 1.165) is 28.6 Å². The van der Waals surface area contributed by atoms with E-state index >= 15 is 0 Å². The van der Waals surface area contributed by atoms with E-state index < -0.39 is 0 Å². The molecule has 1 atom stereocenters. The van der Waals surface area contributed by atoms with Crippen molar-refractivity contribution in [3.63, 3.8) is 0 Å². The number of amides is 1. The Morgan fingerprint density at radius 2 is 2.28 bits per heavy atom. The fraction of sp³-hybridized carbons (Fsp3) is 0.583. The average Bonchev–Trinajstić information content (AvgIpc) is 2.72. The smallest absolute Gasteiger partial charge is 0.231 e. The van der Waals surface area contributed by atoms with E-state index in [1.54, 1.807) is 0 Å². The van der Waals surface area contributed by atoms with Gasteiger partial charge in [-0.3, -0.25) is 9.69 Å². The van der Waals surface area contributed by atoms with Gasteiger partial charge in [0.15, 0.2) is 0 Å². The molecule has 1 aromatic rings. The van der Waals surface area contributed by atoms with Crippen LogP contribution in [0.2, 0.25) is 4.34 Å². The summed E-state index contributed by atoms with van der Waals surface area (Å²) < 4.78 is 0.734. The molecule has 0 aliphatic heterocycles. The maximum absolute atomic E-state index is 11.1. The first-order valence-corrected chi connectivity index (χ1v) is 7.25. The Morgan fingerprint density at radius 1 is 1.56 bits per heavy atom. The molecule has 1 heterocycles. The van der Waals surface area contributed by atoms with Crippen LogP contribution < -0.4 is 11.5 Å². The minimum absolute atomic E-state index is 0.0153. The highest BCUT2D eigenvalue weighted by atomic mass is 35.5. The van der Waals surface area contributed by atoms with E-state index in [2.05, 4.69) is 6.92 Å². The Labute approximate surface area is 117 Å². The summed E-state index contributed by atoms with van der Waals surface area (Å²) in [5.41, 5.74) is 11.1. The molecule has 0 aliphatic carbocycles. The van der Waals surface area contributed by atoms with E-state index in [1.807, 2.05) is 17.0 Å². The van der Waals surface area contributed by atoms with Crippen LogP contribution in [0.1, 0.15) is 30.7 Å². The van der Waals surface area contributed by atoms with Gasteiger partial charge in [-0.15, -0.1) is 11.3 Å². The number of carbonyl (C=O) groups is 1. The first-order chi connectivity index (χ1) is 8.58. The molecule has 1 amide bonds. The van der Waals surface area contributed by atoms with Crippen LogP contribution in [0, 0.1) is 0 Å². The molecular formula is C12H20ClN3OS. The zero-order valence-corrected chi connectivity index (χ0v) is 12.1. The predicted molar refractivity (Wildman–Crippen MR) is 76.8 cm³/mol. The summed E-state index contributed by atoms with van der Waals surface area (Å²) in [4.78, 5) is 14.3. The highest BCUT2D eigenvalue weighted by Crippen LogP contribution is 2.30. The summed E-state index contributed by atoms with van der Waals surface area (Å²) in [6.07, 6.45) is 2.08. The topological polar surface area (TPSA) is 72.3 Å². The maximum Gasteiger partial charge on any atom is 0.231 e. The van der Waals surface area contributed by atoms with E-state index in [4.69, 9.17) is 23.1 Å². The zero-order chi connectivity index (χ0) is 13.5. The molecule has 0 spiro atoms. The number of nitrogens with two attached hydrogens (primary N) is 2. The highest BCUT2D eigenvalue weighted by molar-refractivity contribution is 7.16. The van der Waals surface area contributed by atoms with Crippen LogP contribution in [0.5, 0.6) is 0 Å². The Morgan fingerprint density at radius 3 is 2.72 bits per heavy atom. The summed E-state index contributed by atoms with van der Waals surface area (Å²) >= 11 is 7.44. The molecule has 0 saturated carbocycles. The van der Waals surface area contributed by atoms with Gasteiger partial charge in [-0.1, -0.05) is 24.9 Å². The molecule has 1 aromatic heterocycles. The SMILES string of the molecule is CCCCN(CC(N)=O)C(CN)c1ccc(Cl)s1. The van der Waals surface area contributed by atoms with Gasteiger partial charge < -0.3 is 11.5 Å². The van der Waals surface area contributed by atoms with Crippen molar-refractivity contribution >= 4 is 28.8 Å². The lowest BCUT2D eigenvalue weighted by Crippen LogP contribution is -2.40. The largest absolute Gasteiger partial charge is 0.369 e. The third kappa shape index (κ3) is 4.57. The van der Waals surface area contributed by atoms with Gasteiger partial charge in [-0.05, 0) is 25.1 Å². The lowest BCUT2D eigenvalue weighted by Gasteiger charge is -2.29. The molecule has 18 heavy (non-hydrogen) atoms. The van der Waals surface area contributed by atoms with Gasteiger partial charge >= 0.3 is 0 Å². The van der Waals surface area contributed by atoms with Crippen LogP contribution >= 0.6 is 22.9 Å². The van der Waals surface area contributed by atoms with Crippen molar-refractivity contribution in [3.8, 4) is 0 Å². The van der Waals surface area contributed by atoms with Crippen molar-refractivity contribution in [3.05, 3.63) is 21.3 Å². The highest BCUT2D eigenvalue weighted by Gasteiger charge is 2.21. The van der Waals surface area contributed by atoms with Crippen LogP contribution in [-0.4, -0.2) is 30.4 Å². The van der Waals surface area contributed by atoms with Gasteiger partial charge in [0.2, 0.25) is 5.91 Å². The fourth-order valence-corrected chi connectivity index (χ4v) is 3.07. The summed E-state index contributed by atoms with van der Waals surface area (Å²) in [5, 5.41) is 0. The number of primary amides is 1. The van der Waals surface area contributed by atoms with Crippen LogP contribution in [-0.2, 0) is 4.79 Å². The number of carbonyl (C=O) groups excluding carboxylic acids is 1. The lowest BCUT2D eigenvalue weighted by atomic mass is 10.2. The quantitative estimate of drug-likeness (QED) is 0.769. The van der Waals surface area contributed by atoms with E-state index in [1.165, 1.54) is 11.3 Å². The number of thiophene rings is 1. The second-order valence-corrected chi connectivity index (χ2v) is 5.93. The van der Waals surface area contributed by atoms with Crippen molar-refractivity contribution in [2.75, 3.05) is 19.6 Å². The molecule has 4 nitrogen and oxygen atoms in total. The number of unbranched alkanes of at least 4 members (excludes halogenated alkanes) is 1. The Kier molecular flexibility index (Phi) is 6.63. The number of hydrogen-bond acceptors (Lipinski definition) is 4. The normalized spacial score (nSPS) is 12.9. The third-order valence-electron chi connectivity index (χ3n) is 2.74. The minimum atomic E-state index is -0.327. The molecule has 0 fully saturated rings. The fourth-order valence-electron chi connectivity index (χ4n) is 1.86. The van der Waals surface area contributed by atoms with Crippen LogP contribution in [0.3, 0.4) is 0 Å². The van der Waals surface area contributed by atoms with E-state index in [0.29, 0.717) is 6.54 Å². The van der Waals surface area contributed by atoms with Gasteiger partial charge in [0.1, 0.15) is 0 Å². The number of halogens is 1. The molecule has 0 saturated heterocycles. The van der Waals surface area contributed by atoms with Crippen LogP contribution in [0.25, 0.3) is 0 Å².